The molecule has 7 N–H and O–H groups in total. The van der Waals surface area contributed by atoms with Gasteiger partial charge in [0.25, 0.3) is 0 Å². The number of amides is 9. The number of nitrogens with two attached hydrogens (primary N) is 1. The Labute approximate surface area is 552 Å². The zero-order valence-electron chi connectivity index (χ0n) is 58.0. The van der Waals surface area contributed by atoms with Gasteiger partial charge in [-0.3, -0.25) is 57.7 Å². The number of Topliss-reactive ketones (excluding diaryl/α,β-unsaturated/α-hetero) is 3. The van der Waals surface area contributed by atoms with E-state index in [1.807, 2.05) is 105 Å². The molecule has 0 aromatic heterocycles. The van der Waals surface area contributed by atoms with Crippen molar-refractivity contribution in [2.45, 2.75) is 202 Å². The first kappa shape index (κ1) is 78.5. The second-order valence-electron chi connectivity index (χ2n) is 27.4. The smallest absolute Gasteiger partial charge is 0.312 e. The number of hydrogen-bond donors (Lipinski definition) is 6. The van der Waals surface area contributed by atoms with E-state index in [9.17, 15) is 57.8 Å². The zero-order chi connectivity index (χ0) is 69.4. The lowest BCUT2D eigenvalue weighted by molar-refractivity contribution is -0.148. The molecule has 2 aromatic carbocycles. The van der Waals surface area contributed by atoms with Crippen LogP contribution in [0.3, 0.4) is 0 Å². The van der Waals surface area contributed by atoms with E-state index in [4.69, 9.17) is 10.5 Å². The minimum absolute atomic E-state index is 0.000678. The van der Waals surface area contributed by atoms with Crippen molar-refractivity contribution in [3.63, 3.8) is 0 Å². The molecule has 2 aliphatic heterocycles. The van der Waals surface area contributed by atoms with Crippen LogP contribution < -0.4 is 27.0 Å². The van der Waals surface area contributed by atoms with Gasteiger partial charge >= 0.3 is 6.03 Å². The van der Waals surface area contributed by atoms with E-state index in [1.54, 1.807) is 55.0 Å². The molecule has 0 saturated carbocycles. The number of likely N-dealkylation sites (tertiary alicyclic amines) is 2. The van der Waals surface area contributed by atoms with E-state index in [0.29, 0.717) is 62.9 Å². The molecule has 0 aliphatic carbocycles. The SMILES string of the molecule is CC[C@H](C)[C@@H]([C@@H](CC(=O)N1CCC[C@H]1[C@H](CO)[C@@H](C)C(=O)N[C@@H](Cc1ccccc1)C(=O)Cc1ccc(NC(=O)[C@H](CCCNC(N)=O)NC(=O)[C@@H](CC(=O)CCCCCN2C(=O)CC(C)C2=O)C(C)C)cc1)OC)N(C)C(=O)[C@@H](CC(=O)[C@H](C(C)C)N(C)C)C(C)C. The van der Waals surface area contributed by atoms with Crippen molar-refractivity contribution in [2.75, 3.05) is 59.8 Å². The molecule has 9 amide bonds. The number of aliphatic hydroxyl groups is 1. The van der Waals surface area contributed by atoms with Gasteiger partial charge in [-0.2, -0.15) is 0 Å². The van der Waals surface area contributed by atoms with Crippen LogP contribution >= 0.6 is 0 Å². The first-order chi connectivity index (χ1) is 43.9. The molecule has 0 radical (unpaired) electrons. The summed E-state index contributed by atoms with van der Waals surface area (Å²) in [5.74, 6) is -6.34. The first-order valence-electron chi connectivity index (χ1n) is 33.8. The molecule has 1 unspecified atom stereocenters. The van der Waals surface area contributed by atoms with Gasteiger partial charge in [0, 0.05) is 114 Å². The van der Waals surface area contributed by atoms with Gasteiger partial charge in [0.15, 0.2) is 11.6 Å². The Kier molecular flexibility index (Phi) is 32.5. The number of unbranched alkanes of at least 4 members (excludes halogenated alkanes) is 2. The lowest BCUT2D eigenvalue weighted by Crippen LogP contribution is -2.54. The number of urea groups is 1. The van der Waals surface area contributed by atoms with Crippen molar-refractivity contribution in [3.05, 3.63) is 65.7 Å². The minimum Gasteiger partial charge on any atom is -0.396 e. The molecule has 4 rings (SSSR count). The molecule has 12 atom stereocenters. The molecule has 2 aliphatic rings. The van der Waals surface area contributed by atoms with Crippen LogP contribution in [0.2, 0.25) is 0 Å². The van der Waals surface area contributed by atoms with Crippen LogP contribution in [-0.4, -0.2) is 180 Å². The number of ether oxygens (including phenoxy) is 1. The molecular formula is C71H111N9O13. The second kappa shape index (κ2) is 38.5. The van der Waals surface area contributed by atoms with Gasteiger partial charge in [0.05, 0.1) is 30.7 Å². The fourth-order valence-corrected chi connectivity index (χ4v) is 13.4. The summed E-state index contributed by atoms with van der Waals surface area (Å²) in [5, 5.41) is 22.3. The van der Waals surface area contributed by atoms with Crippen molar-refractivity contribution in [1.82, 2.24) is 35.6 Å². The number of carbonyl (C=O) groups excluding carboxylic acids is 11. The number of aliphatic hydroxyl groups excluding tert-OH is 1. The molecule has 2 fully saturated rings. The van der Waals surface area contributed by atoms with Gasteiger partial charge in [-0.1, -0.05) is 125 Å². The number of hydrogen-bond acceptors (Lipinski definition) is 14. The molecule has 518 valence electrons. The van der Waals surface area contributed by atoms with Gasteiger partial charge in [0.2, 0.25) is 41.4 Å². The maximum absolute atomic E-state index is 14.6. The van der Waals surface area contributed by atoms with Crippen LogP contribution in [0.15, 0.2) is 54.6 Å². The topological polar surface area (TPSA) is 304 Å². The number of nitrogens with one attached hydrogen (secondary N) is 4. The first-order valence-corrected chi connectivity index (χ1v) is 33.8. The zero-order valence-corrected chi connectivity index (χ0v) is 58.0. The standard InChI is InChI=1S/C71H111N9O13/c1-15-46(8)65(78(13)70(91)54(44(4)5)40-60(84)64(45(6)7)77(11)12)61(93-14)41-63(86)79-35-23-28-58(79)55(42-81)48(10)66(87)76-57(37-49-24-18-16-19-25-49)59(83)38-50-29-31-51(32-30-50)74-68(89)56(27-22-33-73-71(72)92)75-67(88)53(43(2)3)39-52(82)26-20-17-21-34-80-62(85)36-47(9)69(80)90/h16,18-19,24-25,29-32,43-48,53-58,61,64-65,81H,15,17,20-23,26-28,33-42H2,1-14H3,(H,74,89)(H,75,88)(H,76,87)(H3,72,73,92)/t46-,47?,48+,53-,54-,55+,56-,57-,58-,61+,64-,65-/m0/s1. The monoisotopic (exact) mass is 1300 g/mol. The van der Waals surface area contributed by atoms with Gasteiger partial charge < -0.3 is 46.6 Å². The predicted octanol–water partition coefficient (Wildman–Crippen LogP) is 6.92. The van der Waals surface area contributed by atoms with Crippen molar-refractivity contribution < 1.29 is 62.6 Å². The molecule has 2 heterocycles. The van der Waals surface area contributed by atoms with E-state index in [1.165, 1.54) is 12.0 Å². The fourth-order valence-electron chi connectivity index (χ4n) is 13.4. The molecular weight excluding hydrogens is 1190 g/mol. The third kappa shape index (κ3) is 23.5. The number of rotatable bonds is 41. The highest BCUT2D eigenvalue weighted by Gasteiger charge is 2.44. The van der Waals surface area contributed by atoms with Crippen molar-refractivity contribution >= 4 is 70.4 Å². The summed E-state index contributed by atoms with van der Waals surface area (Å²) in [6, 6.07) is 11.7. The van der Waals surface area contributed by atoms with Crippen molar-refractivity contribution in [1.29, 1.82) is 0 Å². The Morgan fingerprint density at radius 2 is 1.39 bits per heavy atom. The van der Waals surface area contributed by atoms with Crippen molar-refractivity contribution in [2.24, 2.45) is 59.0 Å². The summed E-state index contributed by atoms with van der Waals surface area (Å²) in [7, 11) is 7.00. The van der Waals surface area contributed by atoms with Crippen molar-refractivity contribution in [3.8, 4) is 0 Å². The van der Waals surface area contributed by atoms with E-state index in [2.05, 4.69) is 21.3 Å². The Morgan fingerprint density at radius 3 is 1.95 bits per heavy atom. The van der Waals surface area contributed by atoms with Gasteiger partial charge in [0.1, 0.15) is 11.8 Å². The average Bonchev–Trinajstić information content (AvgIpc) is 1.72. The summed E-state index contributed by atoms with van der Waals surface area (Å²) in [6.07, 6.45) is 3.69. The van der Waals surface area contributed by atoms with Crippen LogP contribution in [-0.2, 0) is 65.5 Å². The lowest BCUT2D eigenvalue weighted by atomic mass is 9.83. The van der Waals surface area contributed by atoms with Crippen LogP contribution in [0.5, 0.6) is 0 Å². The summed E-state index contributed by atoms with van der Waals surface area (Å²) in [5.41, 5.74) is 7.03. The predicted molar refractivity (Wildman–Crippen MR) is 358 cm³/mol. The van der Waals surface area contributed by atoms with Crippen LogP contribution in [0.1, 0.15) is 164 Å². The number of ketones is 3. The molecule has 22 heteroatoms. The third-order valence-electron chi connectivity index (χ3n) is 19.1. The Hall–Kier alpha value is -6.91. The Balaban J connectivity index is 1.45. The van der Waals surface area contributed by atoms with Gasteiger partial charge in [-0.05, 0) is 106 Å². The van der Waals surface area contributed by atoms with E-state index in [0.717, 1.165) is 5.56 Å². The molecule has 0 bridgehead atoms. The minimum atomic E-state index is -1.07. The normalized spacial score (nSPS) is 18.3. The van der Waals surface area contributed by atoms with Crippen LogP contribution in [0.25, 0.3) is 0 Å². The van der Waals surface area contributed by atoms with E-state index >= 15 is 0 Å². The highest BCUT2D eigenvalue weighted by atomic mass is 16.5. The number of likely N-dealkylation sites (N-methyl/N-ethyl adjacent to an activating group) is 2. The fraction of sp³-hybridized carbons (Fsp3) is 0.676. The maximum atomic E-state index is 14.6. The Morgan fingerprint density at radius 1 is 0.742 bits per heavy atom. The average molecular weight is 1300 g/mol. The van der Waals surface area contributed by atoms with Gasteiger partial charge in [-0.15, -0.1) is 0 Å². The van der Waals surface area contributed by atoms with E-state index < -0.39 is 84.3 Å². The number of methoxy groups -OCH3 is 1. The Bertz CT molecular complexity index is 2800. The number of anilines is 1. The molecule has 93 heavy (non-hydrogen) atoms. The summed E-state index contributed by atoms with van der Waals surface area (Å²) < 4.78 is 6.11. The molecule has 0 spiro atoms. The highest BCUT2D eigenvalue weighted by molar-refractivity contribution is 6.03. The number of nitrogens with zero attached hydrogens (tertiary/aromatic N) is 4. The largest absolute Gasteiger partial charge is 0.396 e. The second-order valence-corrected chi connectivity index (χ2v) is 27.4. The van der Waals surface area contributed by atoms with Crippen LogP contribution in [0, 0.1) is 53.3 Å². The quantitative estimate of drug-likeness (QED) is 0.0291. The maximum Gasteiger partial charge on any atom is 0.312 e. The van der Waals surface area contributed by atoms with Crippen LogP contribution in [0.4, 0.5) is 10.5 Å². The van der Waals surface area contributed by atoms with E-state index in [-0.39, 0.29) is 141 Å². The number of primary amides is 1. The lowest BCUT2D eigenvalue weighted by Gasteiger charge is -2.41. The molecule has 2 saturated heterocycles. The summed E-state index contributed by atoms with van der Waals surface area (Å²) in [6.45, 7) is 19.4. The number of benzene rings is 2. The number of imide groups is 1. The highest BCUT2D eigenvalue weighted by Crippen LogP contribution is 2.33. The molecule has 2 aromatic rings. The third-order valence-corrected chi connectivity index (χ3v) is 19.1. The summed E-state index contributed by atoms with van der Waals surface area (Å²) >= 11 is 0. The summed E-state index contributed by atoms with van der Waals surface area (Å²) in [4.78, 5) is 155. The van der Waals surface area contributed by atoms with Gasteiger partial charge in [-0.25, -0.2) is 4.79 Å². The number of carbonyl (C=O) groups is 11. The molecule has 22 nitrogen and oxygen atoms in total.